The zero-order chi connectivity index (χ0) is 19.2. The van der Waals surface area contributed by atoms with Crippen LogP contribution in [0.25, 0.3) is 0 Å². The smallest absolute Gasteiger partial charge is 0.278 e. The van der Waals surface area contributed by atoms with Gasteiger partial charge in [0.1, 0.15) is 38.5 Å². The highest BCUT2D eigenvalue weighted by Gasteiger charge is 2.31. The minimum Gasteiger partial charge on any atom is -0.344 e. The molecule has 0 aromatic heterocycles. The molecule has 2 aromatic rings. The Hall–Kier alpha value is -2.24. The molecule has 2 atom stereocenters. The predicted molar refractivity (Wildman–Crippen MR) is 104 cm³/mol. The first-order chi connectivity index (χ1) is 13.0. The maximum absolute atomic E-state index is 13.8. The molecule has 2 aromatic carbocycles. The van der Waals surface area contributed by atoms with E-state index in [0.717, 1.165) is 37.3 Å². The molecule has 1 amide bonds. The number of benzene rings is 2. The number of nitrogens with one attached hydrogen (secondary N) is 3. The molecular weight excluding hydrogens is 341 g/mol. The van der Waals surface area contributed by atoms with Crippen LogP contribution < -0.4 is 15.1 Å². The molecule has 0 aliphatic carbocycles. The molecule has 1 saturated heterocycles. The largest absolute Gasteiger partial charge is 0.344 e. The van der Waals surface area contributed by atoms with E-state index < -0.39 is 0 Å². The highest BCUT2D eigenvalue weighted by Crippen LogP contribution is 2.10. The van der Waals surface area contributed by atoms with Crippen molar-refractivity contribution in [1.82, 2.24) is 5.32 Å². The Morgan fingerprint density at radius 3 is 2.30 bits per heavy atom. The van der Waals surface area contributed by atoms with E-state index in [1.54, 1.807) is 6.07 Å². The van der Waals surface area contributed by atoms with Gasteiger partial charge in [-0.25, -0.2) is 4.39 Å². The van der Waals surface area contributed by atoms with Gasteiger partial charge in [0.2, 0.25) is 0 Å². The van der Waals surface area contributed by atoms with Gasteiger partial charge in [-0.3, -0.25) is 4.79 Å². The van der Waals surface area contributed by atoms with Crippen molar-refractivity contribution < 1.29 is 19.0 Å². The van der Waals surface area contributed by atoms with Gasteiger partial charge in [-0.2, -0.15) is 0 Å². The Labute approximate surface area is 161 Å². The molecule has 0 radical (unpaired) electrons. The lowest BCUT2D eigenvalue weighted by molar-refractivity contribution is -1.02. The lowest BCUT2D eigenvalue weighted by Crippen LogP contribution is -3.29. The molecule has 144 valence electrons. The predicted octanol–water partition coefficient (Wildman–Crippen LogP) is 0.375. The fourth-order valence-electron chi connectivity index (χ4n) is 3.79. The Morgan fingerprint density at radius 2 is 1.63 bits per heavy atom. The zero-order valence-electron chi connectivity index (χ0n) is 16.2. The number of halogens is 1. The van der Waals surface area contributed by atoms with Crippen molar-refractivity contribution >= 4 is 5.91 Å². The molecule has 1 aliphatic heterocycles. The van der Waals surface area contributed by atoms with Gasteiger partial charge < -0.3 is 15.1 Å². The van der Waals surface area contributed by atoms with E-state index in [9.17, 15) is 9.18 Å². The number of hydrogen-bond acceptors (Lipinski definition) is 1. The summed E-state index contributed by atoms with van der Waals surface area (Å²) in [5.74, 6) is -0.0265. The molecule has 5 heteroatoms. The van der Waals surface area contributed by atoms with Crippen molar-refractivity contribution in [2.45, 2.75) is 32.5 Å². The Morgan fingerprint density at radius 1 is 1.00 bits per heavy atom. The number of rotatable bonds is 6. The van der Waals surface area contributed by atoms with Gasteiger partial charge in [-0.05, 0) is 25.5 Å². The van der Waals surface area contributed by atoms with Crippen LogP contribution in [0, 0.1) is 5.82 Å². The fraction of sp³-hybridized carbons (Fsp3) is 0.409. The maximum atomic E-state index is 13.8. The fourth-order valence-corrected chi connectivity index (χ4v) is 3.79. The monoisotopic (exact) mass is 371 g/mol. The van der Waals surface area contributed by atoms with E-state index in [-0.39, 0.29) is 23.8 Å². The van der Waals surface area contributed by atoms with E-state index >= 15 is 0 Å². The van der Waals surface area contributed by atoms with Gasteiger partial charge in [0.05, 0.1) is 6.04 Å². The van der Waals surface area contributed by atoms with Crippen LogP contribution in [0.5, 0.6) is 0 Å². The van der Waals surface area contributed by atoms with Gasteiger partial charge in [-0.15, -0.1) is 0 Å². The van der Waals surface area contributed by atoms with Crippen molar-refractivity contribution in [3.63, 3.8) is 0 Å². The van der Waals surface area contributed by atoms with Crippen LogP contribution in [0.4, 0.5) is 4.39 Å². The van der Waals surface area contributed by atoms with Crippen LogP contribution in [-0.4, -0.2) is 38.1 Å². The second kappa shape index (κ2) is 9.11. The van der Waals surface area contributed by atoms with Crippen molar-refractivity contribution in [3.8, 4) is 0 Å². The summed E-state index contributed by atoms with van der Waals surface area (Å²) in [7, 11) is 0. The third kappa shape index (κ3) is 5.15. The SMILES string of the molecule is C[C@H](NC(=O)[C@H](C)[NH+]1CC[NH+](Cc2ccccc2F)CC1)c1ccccc1. The van der Waals surface area contributed by atoms with E-state index in [2.05, 4.69) is 5.32 Å². The first-order valence-electron chi connectivity index (χ1n) is 9.81. The van der Waals surface area contributed by atoms with Crippen molar-refractivity contribution in [2.24, 2.45) is 0 Å². The number of hydrogen-bond donors (Lipinski definition) is 3. The normalized spacial score (nSPS) is 22.0. The summed E-state index contributed by atoms with van der Waals surface area (Å²) in [4.78, 5) is 15.3. The Bertz CT molecular complexity index is 744. The number of amides is 1. The van der Waals surface area contributed by atoms with Crippen LogP contribution in [0.3, 0.4) is 0 Å². The summed E-state index contributed by atoms with van der Waals surface area (Å²) >= 11 is 0. The van der Waals surface area contributed by atoms with Gasteiger partial charge in [0.15, 0.2) is 6.04 Å². The highest BCUT2D eigenvalue weighted by molar-refractivity contribution is 5.80. The lowest BCUT2D eigenvalue weighted by Gasteiger charge is -2.33. The molecule has 0 unspecified atom stereocenters. The molecule has 27 heavy (non-hydrogen) atoms. The average Bonchev–Trinajstić information content (AvgIpc) is 2.70. The molecule has 0 saturated carbocycles. The standard InChI is InChI=1S/C22H28FN3O/c1-17(19-8-4-3-5-9-19)24-22(27)18(2)26-14-12-25(13-15-26)16-20-10-6-7-11-21(20)23/h3-11,17-18H,12-16H2,1-2H3,(H,24,27)/p+2/t17-,18-/m0/s1. The second-order valence-electron chi connectivity index (χ2n) is 7.54. The van der Waals surface area contributed by atoms with Crippen molar-refractivity contribution in [3.05, 3.63) is 71.5 Å². The average molecular weight is 372 g/mol. The summed E-state index contributed by atoms with van der Waals surface area (Å²) in [5, 5.41) is 3.14. The Balaban J connectivity index is 1.48. The van der Waals surface area contributed by atoms with Crippen molar-refractivity contribution in [1.29, 1.82) is 0 Å². The van der Waals surface area contributed by atoms with E-state index in [1.165, 1.54) is 15.9 Å². The van der Waals surface area contributed by atoms with E-state index in [4.69, 9.17) is 0 Å². The molecule has 1 aliphatic rings. The molecule has 3 rings (SSSR count). The summed E-state index contributed by atoms with van der Waals surface area (Å²) in [6.07, 6.45) is 0. The maximum Gasteiger partial charge on any atom is 0.278 e. The molecule has 1 heterocycles. The van der Waals surface area contributed by atoms with Gasteiger partial charge >= 0.3 is 0 Å². The minimum absolute atomic E-state index is 0.00789. The topological polar surface area (TPSA) is 38.0 Å². The van der Waals surface area contributed by atoms with Crippen LogP contribution in [0.1, 0.15) is 31.0 Å². The van der Waals surface area contributed by atoms with Gasteiger partial charge in [0, 0.05) is 5.56 Å². The summed E-state index contributed by atoms with van der Waals surface area (Å²) in [6, 6.07) is 17.0. The first kappa shape index (κ1) is 19.5. The molecule has 0 bridgehead atoms. The number of carbonyl (C=O) groups excluding carboxylic acids is 1. The highest BCUT2D eigenvalue weighted by atomic mass is 19.1. The second-order valence-corrected chi connectivity index (χ2v) is 7.54. The van der Waals surface area contributed by atoms with E-state index in [0.29, 0.717) is 6.54 Å². The van der Waals surface area contributed by atoms with Crippen LogP contribution in [0.15, 0.2) is 54.6 Å². The summed E-state index contributed by atoms with van der Waals surface area (Å²) < 4.78 is 13.8. The quantitative estimate of drug-likeness (QED) is 0.675. The number of quaternary nitrogens is 2. The van der Waals surface area contributed by atoms with Crippen LogP contribution in [-0.2, 0) is 11.3 Å². The number of piperazine rings is 1. The first-order valence-corrected chi connectivity index (χ1v) is 9.81. The molecule has 1 fully saturated rings. The molecular formula is C22H30FN3O+2. The minimum atomic E-state index is -0.123. The van der Waals surface area contributed by atoms with Gasteiger partial charge in [0.25, 0.3) is 5.91 Å². The molecule has 4 nitrogen and oxygen atoms in total. The van der Waals surface area contributed by atoms with E-state index in [1.807, 2.05) is 56.3 Å². The number of carbonyl (C=O) groups is 1. The van der Waals surface area contributed by atoms with Crippen molar-refractivity contribution in [2.75, 3.05) is 26.2 Å². The van der Waals surface area contributed by atoms with Gasteiger partial charge in [-0.1, -0.05) is 48.5 Å². The Kier molecular flexibility index (Phi) is 6.58. The third-order valence-electron chi connectivity index (χ3n) is 5.66. The zero-order valence-corrected chi connectivity index (χ0v) is 16.2. The third-order valence-corrected chi connectivity index (χ3v) is 5.66. The van der Waals surface area contributed by atoms with Crippen LogP contribution >= 0.6 is 0 Å². The molecule has 3 N–H and O–H groups in total. The lowest BCUT2D eigenvalue weighted by atomic mass is 10.1. The summed E-state index contributed by atoms with van der Waals surface area (Å²) in [6.45, 7) is 8.50. The molecule has 0 spiro atoms. The summed E-state index contributed by atoms with van der Waals surface area (Å²) in [5.41, 5.74) is 1.89. The van der Waals surface area contributed by atoms with Crippen LogP contribution in [0.2, 0.25) is 0 Å².